The fourth-order valence-corrected chi connectivity index (χ4v) is 4.42. The first-order valence-electron chi connectivity index (χ1n) is 7.76. The molecule has 20 heavy (non-hydrogen) atoms. The van der Waals surface area contributed by atoms with E-state index in [1.807, 2.05) is 18.4 Å². The van der Waals surface area contributed by atoms with Crippen molar-refractivity contribution in [1.82, 2.24) is 10.3 Å². The van der Waals surface area contributed by atoms with E-state index < -0.39 is 0 Å². The number of nitrogens with one attached hydrogen (secondary N) is 1. The van der Waals surface area contributed by atoms with E-state index in [4.69, 9.17) is 4.98 Å². The molecule has 1 fully saturated rings. The summed E-state index contributed by atoms with van der Waals surface area (Å²) in [7, 11) is 2.01. The molecule has 1 saturated heterocycles. The highest BCUT2D eigenvalue weighted by molar-refractivity contribution is 7.15. The first kappa shape index (κ1) is 15.8. The van der Waals surface area contributed by atoms with Gasteiger partial charge in [-0.15, -0.1) is 11.3 Å². The Hall–Kier alpha value is -0.610. The molecular weight excluding hydrogens is 266 g/mol. The third kappa shape index (κ3) is 3.17. The Morgan fingerprint density at radius 3 is 2.65 bits per heavy atom. The van der Waals surface area contributed by atoms with Gasteiger partial charge in [-0.1, -0.05) is 34.6 Å². The van der Waals surface area contributed by atoms with Crippen LogP contribution in [0.2, 0.25) is 0 Å². The molecule has 2 rings (SSSR count). The van der Waals surface area contributed by atoms with Crippen LogP contribution in [-0.4, -0.2) is 24.6 Å². The van der Waals surface area contributed by atoms with Crippen molar-refractivity contribution in [3.63, 3.8) is 0 Å². The maximum Gasteiger partial charge on any atom is 0.186 e. The van der Waals surface area contributed by atoms with Gasteiger partial charge in [0.2, 0.25) is 0 Å². The number of nitrogens with zero attached hydrogens (tertiary/aromatic N) is 2. The Morgan fingerprint density at radius 2 is 2.10 bits per heavy atom. The molecular formula is C16H29N3S. The molecule has 0 spiro atoms. The third-order valence-corrected chi connectivity index (χ3v) is 5.14. The van der Waals surface area contributed by atoms with Crippen LogP contribution in [0.25, 0.3) is 0 Å². The SMILES string of the molecule is CNCc1sc(N2CCCC2C(C)C)nc1C(C)(C)C. The molecule has 0 bridgehead atoms. The predicted octanol–water partition coefficient (Wildman–Crippen LogP) is 3.78. The van der Waals surface area contributed by atoms with E-state index in [9.17, 15) is 0 Å². The van der Waals surface area contributed by atoms with E-state index in [0.29, 0.717) is 12.0 Å². The molecule has 1 aliphatic heterocycles. The van der Waals surface area contributed by atoms with Crippen molar-refractivity contribution in [2.24, 2.45) is 5.92 Å². The summed E-state index contributed by atoms with van der Waals surface area (Å²) in [5.41, 5.74) is 1.38. The highest BCUT2D eigenvalue weighted by atomic mass is 32.1. The lowest BCUT2D eigenvalue weighted by molar-refractivity contribution is 0.490. The average molecular weight is 295 g/mol. The van der Waals surface area contributed by atoms with Crippen LogP contribution < -0.4 is 10.2 Å². The van der Waals surface area contributed by atoms with Crippen LogP contribution in [0.1, 0.15) is 58.0 Å². The van der Waals surface area contributed by atoms with Crippen LogP contribution in [0.3, 0.4) is 0 Å². The maximum atomic E-state index is 5.02. The number of anilines is 1. The minimum atomic E-state index is 0.119. The molecule has 1 aliphatic rings. The van der Waals surface area contributed by atoms with Crippen molar-refractivity contribution in [3.05, 3.63) is 10.6 Å². The first-order valence-corrected chi connectivity index (χ1v) is 8.57. The third-order valence-electron chi connectivity index (χ3n) is 4.05. The van der Waals surface area contributed by atoms with E-state index >= 15 is 0 Å². The molecule has 0 radical (unpaired) electrons. The van der Waals surface area contributed by atoms with E-state index in [0.717, 1.165) is 6.54 Å². The number of thiazole rings is 1. The van der Waals surface area contributed by atoms with Gasteiger partial charge in [-0.2, -0.15) is 0 Å². The van der Waals surface area contributed by atoms with Crippen molar-refractivity contribution < 1.29 is 0 Å². The molecule has 0 aliphatic carbocycles. The van der Waals surface area contributed by atoms with Crippen LogP contribution in [0.5, 0.6) is 0 Å². The van der Waals surface area contributed by atoms with Crippen LogP contribution in [-0.2, 0) is 12.0 Å². The molecule has 3 nitrogen and oxygen atoms in total. The molecule has 1 atom stereocenters. The molecule has 0 saturated carbocycles. The highest BCUT2D eigenvalue weighted by Crippen LogP contribution is 2.37. The molecule has 1 aromatic heterocycles. The molecule has 4 heteroatoms. The smallest absolute Gasteiger partial charge is 0.186 e. The summed E-state index contributed by atoms with van der Waals surface area (Å²) in [5, 5.41) is 4.52. The zero-order valence-corrected chi connectivity index (χ0v) is 14.6. The van der Waals surface area contributed by atoms with Gasteiger partial charge in [-0.25, -0.2) is 4.98 Å². The lowest BCUT2D eigenvalue weighted by Gasteiger charge is -2.27. The topological polar surface area (TPSA) is 28.2 Å². The predicted molar refractivity (Wildman–Crippen MR) is 88.8 cm³/mol. The summed E-state index contributed by atoms with van der Waals surface area (Å²) in [6.45, 7) is 13.5. The van der Waals surface area contributed by atoms with Gasteiger partial charge in [-0.05, 0) is 25.8 Å². The molecule has 0 amide bonds. The minimum absolute atomic E-state index is 0.119. The number of aromatic nitrogens is 1. The second-order valence-corrected chi connectivity index (χ2v) is 8.26. The summed E-state index contributed by atoms with van der Waals surface area (Å²) in [5.74, 6) is 0.701. The lowest BCUT2D eigenvalue weighted by Crippen LogP contribution is -2.33. The fourth-order valence-electron chi connectivity index (χ4n) is 3.05. The highest BCUT2D eigenvalue weighted by Gasteiger charge is 2.31. The Morgan fingerprint density at radius 1 is 1.40 bits per heavy atom. The van der Waals surface area contributed by atoms with E-state index in [1.165, 1.54) is 35.1 Å². The van der Waals surface area contributed by atoms with Crippen LogP contribution in [0.15, 0.2) is 0 Å². The van der Waals surface area contributed by atoms with Crippen LogP contribution in [0.4, 0.5) is 5.13 Å². The van der Waals surface area contributed by atoms with Gasteiger partial charge in [0.25, 0.3) is 0 Å². The van der Waals surface area contributed by atoms with Gasteiger partial charge < -0.3 is 10.2 Å². The van der Waals surface area contributed by atoms with Crippen LogP contribution >= 0.6 is 11.3 Å². The molecule has 1 aromatic rings. The fraction of sp³-hybridized carbons (Fsp3) is 0.812. The summed E-state index contributed by atoms with van der Waals surface area (Å²) in [6.07, 6.45) is 2.61. The monoisotopic (exact) mass is 295 g/mol. The summed E-state index contributed by atoms with van der Waals surface area (Å²) >= 11 is 1.88. The normalized spacial score (nSPS) is 20.1. The number of hydrogen-bond donors (Lipinski definition) is 1. The molecule has 0 aromatic carbocycles. The Labute approximate surface area is 127 Å². The Kier molecular flexibility index (Phi) is 4.75. The largest absolute Gasteiger partial charge is 0.345 e. The van der Waals surface area contributed by atoms with Gasteiger partial charge in [0.15, 0.2) is 5.13 Å². The zero-order valence-electron chi connectivity index (χ0n) is 13.8. The van der Waals surface area contributed by atoms with Crippen LogP contribution in [0, 0.1) is 5.92 Å². The van der Waals surface area contributed by atoms with Crippen molar-refractivity contribution in [2.45, 2.75) is 65.5 Å². The zero-order chi connectivity index (χ0) is 14.9. The summed E-state index contributed by atoms with van der Waals surface area (Å²) < 4.78 is 0. The van der Waals surface area contributed by atoms with E-state index in [2.05, 4.69) is 44.8 Å². The summed E-state index contributed by atoms with van der Waals surface area (Å²) in [4.78, 5) is 8.96. The maximum absolute atomic E-state index is 5.02. The molecule has 1 unspecified atom stereocenters. The number of rotatable bonds is 4. The van der Waals surface area contributed by atoms with Gasteiger partial charge >= 0.3 is 0 Å². The number of hydrogen-bond acceptors (Lipinski definition) is 4. The van der Waals surface area contributed by atoms with Crippen molar-refractivity contribution in [3.8, 4) is 0 Å². The second kappa shape index (κ2) is 6.02. The molecule has 114 valence electrons. The minimum Gasteiger partial charge on any atom is -0.345 e. The van der Waals surface area contributed by atoms with E-state index in [1.54, 1.807) is 0 Å². The van der Waals surface area contributed by atoms with Gasteiger partial charge in [0, 0.05) is 29.4 Å². The van der Waals surface area contributed by atoms with E-state index in [-0.39, 0.29) is 5.41 Å². The first-order chi connectivity index (χ1) is 9.34. The Balaban J connectivity index is 2.33. The average Bonchev–Trinajstić information content (AvgIpc) is 2.92. The summed E-state index contributed by atoms with van der Waals surface area (Å²) in [6, 6.07) is 0.663. The molecule has 1 N–H and O–H groups in total. The van der Waals surface area contributed by atoms with Gasteiger partial charge in [0.05, 0.1) is 5.69 Å². The Bertz CT molecular complexity index is 445. The van der Waals surface area contributed by atoms with Gasteiger partial charge in [-0.3, -0.25) is 0 Å². The lowest BCUT2D eigenvalue weighted by atomic mass is 9.91. The van der Waals surface area contributed by atoms with Gasteiger partial charge in [0.1, 0.15) is 0 Å². The van der Waals surface area contributed by atoms with Crippen molar-refractivity contribution >= 4 is 16.5 Å². The van der Waals surface area contributed by atoms with Crippen molar-refractivity contribution in [2.75, 3.05) is 18.5 Å². The second-order valence-electron chi connectivity index (χ2n) is 7.20. The van der Waals surface area contributed by atoms with Crippen molar-refractivity contribution in [1.29, 1.82) is 0 Å². The quantitative estimate of drug-likeness (QED) is 0.916. The standard InChI is InChI=1S/C16H29N3S/c1-11(2)12-8-7-9-19(12)15-18-14(16(3,4)5)13(20-15)10-17-6/h11-12,17H,7-10H2,1-6H3. The molecule has 2 heterocycles.